The summed E-state index contributed by atoms with van der Waals surface area (Å²) in [6, 6.07) is 6.76. The average molecular weight is 291 g/mol. The number of benzene rings is 1. The van der Waals surface area contributed by atoms with Gasteiger partial charge in [-0.05, 0) is 57.4 Å². The van der Waals surface area contributed by atoms with Crippen molar-refractivity contribution in [2.75, 3.05) is 13.2 Å². The molecule has 2 atom stereocenters. The third kappa shape index (κ3) is 4.21. The lowest BCUT2D eigenvalue weighted by Gasteiger charge is -2.35. The average Bonchev–Trinajstić information content (AvgIpc) is 2.49. The molecule has 0 amide bonds. The van der Waals surface area contributed by atoms with Gasteiger partial charge < -0.3 is 9.84 Å². The van der Waals surface area contributed by atoms with Gasteiger partial charge in [0.05, 0.1) is 12.7 Å². The van der Waals surface area contributed by atoms with Crippen LogP contribution in [-0.4, -0.2) is 29.2 Å². The number of likely N-dealkylation sites (tertiary alicyclic amines) is 1. The van der Waals surface area contributed by atoms with Gasteiger partial charge in [-0.25, -0.2) is 0 Å². The van der Waals surface area contributed by atoms with Gasteiger partial charge in [0, 0.05) is 18.2 Å². The third-order valence-corrected chi connectivity index (χ3v) is 4.46. The van der Waals surface area contributed by atoms with E-state index < -0.39 is 6.10 Å². The van der Waals surface area contributed by atoms with E-state index in [-0.39, 0.29) is 0 Å². The van der Waals surface area contributed by atoms with Crippen molar-refractivity contribution >= 4 is 0 Å². The summed E-state index contributed by atoms with van der Waals surface area (Å²) in [6.07, 6.45) is 4.72. The molecular weight excluding hydrogens is 262 g/mol. The van der Waals surface area contributed by atoms with Crippen molar-refractivity contribution in [3.63, 3.8) is 0 Å². The standard InChI is InChI=1S/C18H29NO2/c1-4-17-8-6-7-11-19(17)13-16-12-15(14(3)20)9-10-18(16)21-5-2/h9-10,12,14,17,20H,4-8,11,13H2,1-3H3. The Bertz CT molecular complexity index is 445. The highest BCUT2D eigenvalue weighted by Gasteiger charge is 2.22. The molecule has 1 aromatic carbocycles. The molecular formula is C18H29NO2. The second-order valence-electron chi connectivity index (χ2n) is 6.00. The number of hydrogen-bond donors (Lipinski definition) is 1. The number of ether oxygens (including phenoxy) is 1. The van der Waals surface area contributed by atoms with E-state index in [4.69, 9.17) is 4.74 Å². The SMILES string of the molecule is CCOc1ccc(C(C)O)cc1CN1CCCCC1CC. The molecule has 1 heterocycles. The van der Waals surface area contributed by atoms with Gasteiger partial charge in [-0.15, -0.1) is 0 Å². The van der Waals surface area contributed by atoms with Crippen molar-refractivity contribution in [3.8, 4) is 5.75 Å². The smallest absolute Gasteiger partial charge is 0.123 e. The van der Waals surface area contributed by atoms with Crippen molar-refractivity contribution < 1.29 is 9.84 Å². The summed E-state index contributed by atoms with van der Waals surface area (Å²) in [5.74, 6) is 0.960. The minimum atomic E-state index is -0.428. The summed E-state index contributed by atoms with van der Waals surface area (Å²) in [4.78, 5) is 2.58. The van der Waals surface area contributed by atoms with Gasteiger partial charge in [0.25, 0.3) is 0 Å². The summed E-state index contributed by atoms with van der Waals surface area (Å²) in [6.45, 7) is 8.88. The molecule has 0 aromatic heterocycles. The van der Waals surface area contributed by atoms with Gasteiger partial charge in [-0.2, -0.15) is 0 Å². The number of rotatable bonds is 6. The largest absolute Gasteiger partial charge is 0.494 e. The number of piperidine rings is 1. The number of aliphatic hydroxyl groups is 1. The summed E-state index contributed by atoms with van der Waals surface area (Å²) < 4.78 is 5.77. The molecule has 1 aliphatic heterocycles. The lowest BCUT2D eigenvalue weighted by molar-refractivity contribution is 0.134. The van der Waals surface area contributed by atoms with Crippen LogP contribution in [0.25, 0.3) is 0 Å². The maximum Gasteiger partial charge on any atom is 0.123 e. The number of nitrogens with zero attached hydrogens (tertiary/aromatic N) is 1. The first-order chi connectivity index (χ1) is 10.2. The van der Waals surface area contributed by atoms with Gasteiger partial charge in [0.15, 0.2) is 0 Å². The van der Waals surface area contributed by atoms with E-state index >= 15 is 0 Å². The van der Waals surface area contributed by atoms with Gasteiger partial charge in [-0.1, -0.05) is 19.4 Å². The maximum absolute atomic E-state index is 9.82. The minimum absolute atomic E-state index is 0.428. The van der Waals surface area contributed by atoms with Crippen LogP contribution in [0.3, 0.4) is 0 Å². The summed E-state index contributed by atoms with van der Waals surface area (Å²) in [5, 5.41) is 9.82. The topological polar surface area (TPSA) is 32.7 Å². The van der Waals surface area contributed by atoms with Crippen LogP contribution in [0.2, 0.25) is 0 Å². The molecule has 0 aliphatic carbocycles. The maximum atomic E-state index is 9.82. The molecule has 0 saturated carbocycles. The fraction of sp³-hybridized carbons (Fsp3) is 0.667. The van der Waals surface area contributed by atoms with E-state index in [1.165, 1.54) is 37.8 Å². The van der Waals surface area contributed by atoms with Crippen molar-refractivity contribution in [2.45, 2.75) is 65.1 Å². The molecule has 1 saturated heterocycles. The molecule has 21 heavy (non-hydrogen) atoms. The summed E-state index contributed by atoms with van der Waals surface area (Å²) >= 11 is 0. The Morgan fingerprint density at radius 2 is 2.14 bits per heavy atom. The second kappa shape index (κ2) is 7.81. The van der Waals surface area contributed by atoms with E-state index in [1.54, 1.807) is 0 Å². The highest BCUT2D eigenvalue weighted by atomic mass is 16.5. The Kier molecular flexibility index (Phi) is 6.07. The molecule has 1 aliphatic rings. The zero-order chi connectivity index (χ0) is 15.2. The predicted molar refractivity (Wildman–Crippen MR) is 86.6 cm³/mol. The molecule has 118 valence electrons. The van der Waals surface area contributed by atoms with Gasteiger partial charge >= 0.3 is 0 Å². The van der Waals surface area contributed by atoms with Crippen LogP contribution in [0.4, 0.5) is 0 Å². The zero-order valence-electron chi connectivity index (χ0n) is 13.6. The zero-order valence-corrected chi connectivity index (χ0v) is 13.6. The van der Waals surface area contributed by atoms with Gasteiger partial charge in [0.2, 0.25) is 0 Å². The molecule has 2 unspecified atom stereocenters. The Labute approximate surface area is 128 Å². The first kappa shape index (κ1) is 16.3. The number of hydrogen-bond acceptors (Lipinski definition) is 3. The molecule has 1 aromatic rings. The fourth-order valence-corrected chi connectivity index (χ4v) is 3.23. The van der Waals surface area contributed by atoms with Crippen LogP contribution in [-0.2, 0) is 6.54 Å². The molecule has 0 bridgehead atoms. The van der Waals surface area contributed by atoms with Gasteiger partial charge in [0.1, 0.15) is 5.75 Å². The normalized spacial score (nSPS) is 21.2. The molecule has 1 N–H and O–H groups in total. The van der Waals surface area contributed by atoms with E-state index in [2.05, 4.69) is 17.9 Å². The second-order valence-corrected chi connectivity index (χ2v) is 6.00. The third-order valence-electron chi connectivity index (χ3n) is 4.46. The van der Waals surface area contributed by atoms with E-state index in [9.17, 15) is 5.11 Å². The Morgan fingerprint density at radius 1 is 1.33 bits per heavy atom. The molecule has 3 nitrogen and oxygen atoms in total. The molecule has 2 rings (SSSR count). The summed E-state index contributed by atoms with van der Waals surface area (Å²) in [5.41, 5.74) is 2.18. The van der Waals surface area contributed by atoms with Crippen molar-refractivity contribution in [1.82, 2.24) is 4.90 Å². The molecule has 0 radical (unpaired) electrons. The lowest BCUT2D eigenvalue weighted by atomic mass is 9.98. The fourth-order valence-electron chi connectivity index (χ4n) is 3.23. The molecule has 1 fully saturated rings. The highest BCUT2D eigenvalue weighted by Crippen LogP contribution is 2.28. The van der Waals surface area contributed by atoms with Crippen LogP contribution >= 0.6 is 0 Å². The van der Waals surface area contributed by atoms with Gasteiger partial charge in [-0.3, -0.25) is 4.90 Å². The molecule has 3 heteroatoms. The Hall–Kier alpha value is -1.06. The Morgan fingerprint density at radius 3 is 2.81 bits per heavy atom. The Balaban J connectivity index is 2.20. The number of aliphatic hydroxyl groups excluding tert-OH is 1. The van der Waals surface area contributed by atoms with E-state index in [0.717, 1.165) is 17.9 Å². The van der Waals surface area contributed by atoms with E-state index in [0.29, 0.717) is 12.6 Å². The van der Waals surface area contributed by atoms with Crippen LogP contribution in [0, 0.1) is 0 Å². The quantitative estimate of drug-likeness (QED) is 0.862. The van der Waals surface area contributed by atoms with Crippen LogP contribution < -0.4 is 4.74 Å². The van der Waals surface area contributed by atoms with Crippen LogP contribution in [0.1, 0.15) is 63.7 Å². The first-order valence-electron chi connectivity index (χ1n) is 8.33. The molecule has 0 spiro atoms. The van der Waals surface area contributed by atoms with E-state index in [1.807, 2.05) is 26.0 Å². The van der Waals surface area contributed by atoms with Crippen LogP contribution in [0.5, 0.6) is 5.75 Å². The predicted octanol–water partition coefficient (Wildman–Crippen LogP) is 3.90. The minimum Gasteiger partial charge on any atom is -0.494 e. The van der Waals surface area contributed by atoms with Crippen molar-refractivity contribution in [1.29, 1.82) is 0 Å². The lowest BCUT2D eigenvalue weighted by Crippen LogP contribution is -2.38. The summed E-state index contributed by atoms with van der Waals surface area (Å²) in [7, 11) is 0. The highest BCUT2D eigenvalue weighted by molar-refractivity contribution is 5.38. The van der Waals surface area contributed by atoms with Crippen LogP contribution in [0.15, 0.2) is 18.2 Å². The van der Waals surface area contributed by atoms with Crippen molar-refractivity contribution in [3.05, 3.63) is 29.3 Å². The van der Waals surface area contributed by atoms with Crippen molar-refractivity contribution in [2.24, 2.45) is 0 Å². The monoisotopic (exact) mass is 291 g/mol. The first-order valence-corrected chi connectivity index (χ1v) is 8.33.